The van der Waals surface area contributed by atoms with Crippen molar-refractivity contribution in [3.63, 3.8) is 0 Å². The average Bonchev–Trinajstić information content (AvgIpc) is 3.04. The van der Waals surface area contributed by atoms with Gasteiger partial charge in [0.2, 0.25) is 14.9 Å². The highest BCUT2D eigenvalue weighted by Gasteiger charge is 2.26. The number of aromatic carboxylic acids is 1. The lowest BCUT2D eigenvalue weighted by atomic mass is 10.2. The van der Waals surface area contributed by atoms with Gasteiger partial charge in [-0.2, -0.15) is 0 Å². The number of methoxy groups -OCH3 is 1. The maximum atomic E-state index is 12.8. The van der Waals surface area contributed by atoms with Crippen LogP contribution in [-0.4, -0.2) is 41.6 Å². The van der Waals surface area contributed by atoms with E-state index in [2.05, 4.69) is 10.3 Å². The van der Waals surface area contributed by atoms with E-state index in [1.807, 2.05) is 0 Å². The predicted octanol–water partition coefficient (Wildman–Crippen LogP) is 2.12. The van der Waals surface area contributed by atoms with Crippen molar-refractivity contribution in [2.45, 2.75) is 16.8 Å². The van der Waals surface area contributed by atoms with Gasteiger partial charge in [0.1, 0.15) is 5.75 Å². The van der Waals surface area contributed by atoms with Crippen LogP contribution in [0.5, 0.6) is 5.75 Å². The quantitative estimate of drug-likeness (QED) is 0.729. The Balaban J connectivity index is 2.05. The van der Waals surface area contributed by atoms with Crippen LogP contribution < -0.4 is 4.74 Å². The zero-order chi connectivity index (χ0) is 18.9. The van der Waals surface area contributed by atoms with Crippen molar-refractivity contribution in [1.82, 2.24) is 15.0 Å². The van der Waals surface area contributed by atoms with Gasteiger partial charge in [-0.15, -0.1) is 5.10 Å². The minimum atomic E-state index is -3.87. The molecule has 0 bridgehead atoms. The van der Waals surface area contributed by atoms with Crippen LogP contribution in [0.4, 0.5) is 0 Å². The molecule has 0 radical (unpaired) electrons. The topological polar surface area (TPSA) is 111 Å². The van der Waals surface area contributed by atoms with E-state index in [0.717, 1.165) is 0 Å². The summed E-state index contributed by atoms with van der Waals surface area (Å²) in [6.07, 6.45) is 0. The summed E-state index contributed by atoms with van der Waals surface area (Å²) in [5, 5.41) is 16.6. The first-order valence-corrected chi connectivity index (χ1v) is 8.98. The second kappa shape index (κ2) is 6.60. The first-order valence-electron chi connectivity index (χ1n) is 7.50. The van der Waals surface area contributed by atoms with Gasteiger partial charge in [0, 0.05) is 0 Å². The van der Waals surface area contributed by atoms with Gasteiger partial charge in [-0.1, -0.05) is 11.3 Å². The van der Waals surface area contributed by atoms with Gasteiger partial charge in [-0.05, 0) is 49.4 Å². The SMILES string of the molecule is COc1ccc(S(=O)(=O)c2nnn(-c3cccc(C(=O)O)c3)c2C)cc1. The Labute approximate surface area is 149 Å². The molecule has 0 saturated heterocycles. The van der Waals surface area contributed by atoms with Crippen LogP contribution in [0.3, 0.4) is 0 Å². The van der Waals surface area contributed by atoms with Gasteiger partial charge in [0.25, 0.3) is 0 Å². The van der Waals surface area contributed by atoms with Gasteiger partial charge < -0.3 is 9.84 Å². The number of hydrogen-bond acceptors (Lipinski definition) is 6. The molecule has 1 N–H and O–H groups in total. The Hall–Kier alpha value is -3.20. The number of sulfone groups is 1. The molecule has 0 saturated carbocycles. The first kappa shape index (κ1) is 17.6. The van der Waals surface area contributed by atoms with Crippen molar-refractivity contribution < 1.29 is 23.1 Å². The number of rotatable bonds is 5. The van der Waals surface area contributed by atoms with Crippen molar-refractivity contribution in [3.8, 4) is 11.4 Å². The fourth-order valence-corrected chi connectivity index (χ4v) is 3.78. The van der Waals surface area contributed by atoms with Crippen LogP contribution in [-0.2, 0) is 9.84 Å². The normalized spacial score (nSPS) is 11.3. The summed E-state index contributed by atoms with van der Waals surface area (Å²) in [4.78, 5) is 11.2. The van der Waals surface area contributed by atoms with Crippen LogP contribution in [0.25, 0.3) is 5.69 Å². The third-order valence-corrected chi connectivity index (χ3v) is 5.59. The maximum absolute atomic E-state index is 12.8. The van der Waals surface area contributed by atoms with E-state index in [-0.39, 0.29) is 21.2 Å². The molecular formula is C17H15N3O5S. The fourth-order valence-electron chi connectivity index (χ4n) is 2.45. The lowest BCUT2D eigenvalue weighted by molar-refractivity contribution is 0.0697. The van der Waals surface area contributed by atoms with E-state index in [9.17, 15) is 13.2 Å². The van der Waals surface area contributed by atoms with E-state index in [4.69, 9.17) is 9.84 Å². The third kappa shape index (κ3) is 3.04. The first-order chi connectivity index (χ1) is 12.3. The van der Waals surface area contributed by atoms with Gasteiger partial charge in [-0.3, -0.25) is 0 Å². The molecule has 1 aromatic heterocycles. The van der Waals surface area contributed by atoms with Gasteiger partial charge in [0.05, 0.1) is 29.0 Å². The van der Waals surface area contributed by atoms with E-state index < -0.39 is 15.8 Å². The highest BCUT2D eigenvalue weighted by Crippen LogP contribution is 2.25. The van der Waals surface area contributed by atoms with Crippen molar-refractivity contribution in [3.05, 3.63) is 59.8 Å². The number of aromatic nitrogens is 3. The Bertz CT molecular complexity index is 1070. The molecule has 0 atom stereocenters. The second-order valence-corrected chi connectivity index (χ2v) is 7.29. The molecule has 0 unspecified atom stereocenters. The number of carboxylic acids is 1. The zero-order valence-electron chi connectivity index (χ0n) is 13.9. The Morgan fingerprint density at radius 1 is 1.15 bits per heavy atom. The zero-order valence-corrected chi connectivity index (χ0v) is 14.8. The van der Waals surface area contributed by atoms with Crippen LogP contribution in [0.15, 0.2) is 58.5 Å². The summed E-state index contributed by atoms with van der Waals surface area (Å²) in [5.41, 5.74) is 0.756. The molecule has 134 valence electrons. The molecule has 0 amide bonds. The van der Waals surface area contributed by atoms with Crippen LogP contribution >= 0.6 is 0 Å². The number of carbonyl (C=O) groups is 1. The lowest BCUT2D eigenvalue weighted by Gasteiger charge is -2.06. The summed E-state index contributed by atoms with van der Waals surface area (Å²) >= 11 is 0. The molecule has 9 heteroatoms. The Morgan fingerprint density at radius 3 is 2.46 bits per heavy atom. The summed E-state index contributed by atoms with van der Waals surface area (Å²) in [6.45, 7) is 1.56. The number of nitrogens with zero attached hydrogens (tertiary/aromatic N) is 3. The second-order valence-electron chi connectivity index (χ2n) is 5.43. The minimum absolute atomic E-state index is 0.0627. The van der Waals surface area contributed by atoms with Crippen molar-refractivity contribution in [2.24, 2.45) is 0 Å². The van der Waals surface area contributed by atoms with Crippen molar-refractivity contribution >= 4 is 15.8 Å². The monoisotopic (exact) mass is 373 g/mol. The van der Waals surface area contributed by atoms with Crippen molar-refractivity contribution in [2.75, 3.05) is 7.11 Å². The van der Waals surface area contributed by atoms with Crippen LogP contribution in [0.2, 0.25) is 0 Å². The molecule has 0 aliphatic heterocycles. The smallest absolute Gasteiger partial charge is 0.335 e. The molecule has 0 aliphatic carbocycles. The average molecular weight is 373 g/mol. The molecular weight excluding hydrogens is 358 g/mol. The Kier molecular flexibility index (Phi) is 4.47. The van der Waals surface area contributed by atoms with E-state index in [0.29, 0.717) is 11.4 Å². The largest absolute Gasteiger partial charge is 0.497 e. The lowest BCUT2D eigenvalue weighted by Crippen LogP contribution is -2.06. The molecule has 0 fully saturated rings. The molecule has 3 aromatic rings. The standard InChI is InChI=1S/C17H15N3O5S/c1-11-16(26(23,24)15-8-6-14(25-2)7-9-15)18-19-20(11)13-5-3-4-12(10-13)17(21)22/h3-10H,1-2H3,(H,21,22). The van der Waals surface area contributed by atoms with Gasteiger partial charge in [0.15, 0.2) is 0 Å². The van der Waals surface area contributed by atoms with Gasteiger partial charge >= 0.3 is 5.97 Å². The molecule has 8 nitrogen and oxygen atoms in total. The summed E-state index contributed by atoms with van der Waals surface area (Å²) < 4.78 is 32.0. The third-order valence-electron chi connectivity index (χ3n) is 3.81. The van der Waals surface area contributed by atoms with E-state index >= 15 is 0 Å². The number of carboxylic acid groups (broad SMARTS) is 1. The minimum Gasteiger partial charge on any atom is -0.497 e. The van der Waals surface area contributed by atoms with Crippen LogP contribution in [0, 0.1) is 6.92 Å². The number of benzene rings is 2. The number of ether oxygens (including phenoxy) is 1. The van der Waals surface area contributed by atoms with Crippen molar-refractivity contribution in [1.29, 1.82) is 0 Å². The van der Waals surface area contributed by atoms with E-state index in [1.165, 1.54) is 36.1 Å². The van der Waals surface area contributed by atoms with Crippen LogP contribution in [0.1, 0.15) is 16.1 Å². The molecule has 2 aromatic carbocycles. The summed E-state index contributed by atoms with van der Waals surface area (Å²) in [7, 11) is -2.38. The molecule has 3 rings (SSSR count). The van der Waals surface area contributed by atoms with Gasteiger partial charge in [-0.25, -0.2) is 17.9 Å². The Morgan fingerprint density at radius 2 is 1.85 bits per heavy atom. The highest BCUT2D eigenvalue weighted by atomic mass is 32.2. The molecule has 0 aliphatic rings. The molecule has 0 spiro atoms. The van der Waals surface area contributed by atoms with E-state index in [1.54, 1.807) is 31.2 Å². The maximum Gasteiger partial charge on any atom is 0.335 e. The fraction of sp³-hybridized carbons (Fsp3) is 0.118. The highest BCUT2D eigenvalue weighted by molar-refractivity contribution is 7.91. The predicted molar refractivity (Wildman–Crippen MR) is 91.5 cm³/mol. The molecule has 26 heavy (non-hydrogen) atoms. The number of hydrogen-bond donors (Lipinski definition) is 1. The summed E-state index contributed by atoms with van der Waals surface area (Å²) in [5.74, 6) is -0.550. The molecule has 1 heterocycles. The summed E-state index contributed by atoms with van der Waals surface area (Å²) in [6, 6.07) is 12.0.